The Labute approximate surface area is 185 Å². The van der Waals surface area contributed by atoms with Crippen LogP contribution in [0.1, 0.15) is 71.1 Å². The highest BCUT2D eigenvalue weighted by atomic mass is 16.5. The van der Waals surface area contributed by atoms with E-state index in [1.165, 1.54) is 38.5 Å². The van der Waals surface area contributed by atoms with Crippen molar-refractivity contribution in [2.75, 3.05) is 19.7 Å². The van der Waals surface area contributed by atoms with Crippen LogP contribution in [-0.2, 0) is 9.53 Å². The minimum absolute atomic E-state index is 0.0402. The maximum absolute atomic E-state index is 12.3. The number of carboxylic acids is 1. The number of aliphatic carboxylic acids is 1. The molecule has 31 heavy (non-hydrogen) atoms. The van der Waals surface area contributed by atoms with E-state index in [0.29, 0.717) is 29.6 Å². The van der Waals surface area contributed by atoms with Gasteiger partial charge in [0, 0.05) is 18.5 Å². The van der Waals surface area contributed by atoms with Crippen molar-refractivity contribution < 1.29 is 24.5 Å². The normalized spacial score (nSPS) is 42.6. The van der Waals surface area contributed by atoms with Gasteiger partial charge in [-0.3, -0.25) is 4.79 Å². The molecule has 176 valence electrons. The zero-order valence-corrected chi connectivity index (χ0v) is 18.9. The molecule has 7 nitrogen and oxygen atoms in total. The number of alkyl carbamates (subject to hydrolysis) is 1. The smallest absolute Gasteiger partial charge is 0.407 e. The summed E-state index contributed by atoms with van der Waals surface area (Å²) in [5, 5.41) is 22.1. The largest absolute Gasteiger partial charge is 0.481 e. The summed E-state index contributed by atoms with van der Waals surface area (Å²) < 4.78 is 5.61. The summed E-state index contributed by atoms with van der Waals surface area (Å²) in [6.07, 6.45) is 9.88. The number of nitrogens with one attached hydrogen (secondary N) is 1. The monoisotopic (exact) mass is 436 g/mol. The Morgan fingerprint density at radius 1 is 1.10 bits per heavy atom. The topological polar surface area (TPSA) is 122 Å². The molecule has 3 unspecified atom stereocenters. The van der Waals surface area contributed by atoms with E-state index in [-0.39, 0.29) is 19.7 Å². The fourth-order valence-electron chi connectivity index (χ4n) is 8.29. The number of fused-ring (bicyclic) bond motifs is 5. The van der Waals surface area contributed by atoms with Gasteiger partial charge < -0.3 is 26.0 Å². The lowest BCUT2D eigenvalue weighted by molar-refractivity contribution is -0.158. The third-order valence-corrected chi connectivity index (χ3v) is 9.82. The Balaban J connectivity index is 1.51. The lowest BCUT2D eigenvalue weighted by Gasteiger charge is -2.60. The number of hydrogen-bond donors (Lipinski definition) is 4. The van der Waals surface area contributed by atoms with Crippen LogP contribution < -0.4 is 11.1 Å². The molecule has 0 spiro atoms. The molecule has 4 saturated carbocycles. The van der Waals surface area contributed by atoms with Crippen molar-refractivity contribution in [1.29, 1.82) is 0 Å². The highest BCUT2D eigenvalue weighted by Gasteiger charge is 2.63. The number of amides is 1. The molecule has 0 aromatic heterocycles. The standard InChI is InChI=1S/C24H40N2O5/c1-23-10-3-2-4-15(23)5-6-17-18(23)9-11-24(19(17)7-8-20(24)21(28)29)14-31-22(30)26-13-16(27)12-25/h15-20,27H,2-14,25H2,1H3,(H,26,30)(H,28,29)/t15?,16?,17-,18+,19+,20?,23+,24-/m1/s1. The second kappa shape index (κ2) is 8.89. The van der Waals surface area contributed by atoms with Crippen molar-refractivity contribution in [1.82, 2.24) is 5.32 Å². The number of nitrogens with two attached hydrogens (primary N) is 1. The van der Waals surface area contributed by atoms with Crippen molar-refractivity contribution >= 4 is 12.1 Å². The first-order valence-corrected chi connectivity index (χ1v) is 12.3. The molecule has 4 rings (SSSR count). The maximum Gasteiger partial charge on any atom is 0.407 e. The van der Waals surface area contributed by atoms with E-state index in [0.717, 1.165) is 25.2 Å². The van der Waals surface area contributed by atoms with Gasteiger partial charge in [-0.2, -0.15) is 0 Å². The molecule has 0 aromatic carbocycles. The summed E-state index contributed by atoms with van der Waals surface area (Å²) in [7, 11) is 0. The van der Waals surface area contributed by atoms with E-state index in [2.05, 4.69) is 12.2 Å². The lowest BCUT2D eigenvalue weighted by Crippen LogP contribution is -2.55. The van der Waals surface area contributed by atoms with Gasteiger partial charge in [-0.15, -0.1) is 0 Å². The van der Waals surface area contributed by atoms with Gasteiger partial charge in [0.2, 0.25) is 0 Å². The van der Waals surface area contributed by atoms with Gasteiger partial charge in [-0.05, 0) is 80.5 Å². The predicted molar refractivity (Wildman–Crippen MR) is 116 cm³/mol. The minimum atomic E-state index is -0.807. The fourth-order valence-corrected chi connectivity index (χ4v) is 8.29. The SMILES string of the molecule is C[C@]12CCCCC1CC[C@H]1[C@@H]3CCC(C(=O)O)[C@@]3(COC(=O)NCC(O)CN)CC[C@@H]12. The summed E-state index contributed by atoms with van der Waals surface area (Å²) in [6, 6.07) is 0. The quantitative estimate of drug-likeness (QED) is 0.507. The third-order valence-electron chi connectivity index (χ3n) is 9.82. The highest BCUT2D eigenvalue weighted by molar-refractivity contribution is 5.72. The van der Waals surface area contributed by atoms with E-state index < -0.39 is 29.5 Å². The molecule has 4 aliphatic rings. The maximum atomic E-state index is 12.3. The summed E-state index contributed by atoms with van der Waals surface area (Å²) in [5.74, 6) is 1.16. The number of carbonyl (C=O) groups excluding carboxylic acids is 1. The molecule has 8 atom stereocenters. The van der Waals surface area contributed by atoms with Crippen molar-refractivity contribution in [2.24, 2.45) is 46.2 Å². The minimum Gasteiger partial charge on any atom is -0.481 e. The van der Waals surface area contributed by atoms with Crippen LogP contribution in [0.5, 0.6) is 0 Å². The molecule has 0 aromatic rings. The van der Waals surface area contributed by atoms with Crippen LogP contribution in [0.25, 0.3) is 0 Å². The summed E-state index contributed by atoms with van der Waals surface area (Å²) in [5.41, 5.74) is 5.31. The molecule has 0 saturated heterocycles. The van der Waals surface area contributed by atoms with Gasteiger partial charge in [0.1, 0.15) is 0 Å². The average molecular weight is 437 g/mol. The van der Waals surface area contributed by atoms with Gasteiger partial charge in [0.05, 0.1) is 18.6 Å². The molecule has 0 heterocycles. The Hall–Kier alpha value is -1.34. The van der Waals surface area contributed by atoms with Gasteiger partial charge in [0.25, 0.3) is 0 Å². The molecule has 0 bridgehead atoms. The van der Waals surface area contributed by atoms with Crippen molar-refractivity contribution in [2.45, 2.75) is 77.2 Å². The number of aliphatic hydroxyl groups excluding tert-OH is 1. The Bertz CT molecular complexity index is 687. The van der Waals surface area contributed by atoms with Crippen molar-refractivity contribution in [3.63, 3.8) is 0 Å². The van der Waals surface area contributed by atoms with E-state index >= 15 is 0 Å². The first-order valence-electron chi connectivity index (χ1n) is 12.3. The van der Waals surface area contributed by atoms with Crippen LogP contribution in [0.15, 0.2) is 0 Å². The third kappa shape index (κ3) is 3.97. The number of carboxylic acid groups (broad SMARTS) is 1. The summed E-state index contributed by atoms with van der Waals surface area (Å²) in [6.45, 7) is 2.77. The zero-order chi connectivity index (χ0) is 22.2. The average Bonchev–Trinajstić information content (AvgIpc) is 3.15. The molecule has 1 amide bonds. The molecular weight excluding hydrogens is 396 g/mol. The number of ether oxygens (including phenoxy) is 1. The van der Waals surface area contributed by atoms with Crippen LogP contribution in [0.3, 0.4) is 0 Å². The number of aliphatic hydroxyl groups is 1. The summed E-state index contributed by atoms with van der Waals surface area (Å²) in [4.78, 5) is 24.5. The van der Waals surface area contributed by atoms with Gasteiger partial charge in [-0.25, -0.2) is 4.79 Å². The van der Waals surface area contributed by atoms with E-state index in [4.69, 9.17) is 10.5 Å². The molecule has 4 fully saturated rings. The van der Waals surface area contributed by atoms with Crippen LogP contribution >= 0.6 is 0 Å². The van der Waals surface area contributed by atoms with Gasteiger partial charge >= 0.3 is 12.1 Å². The van der Waals surface area contributed by atoms with Crippen LogP contribution in [-0.4, -0.2) is 48.1 Å². The molecule has 0 radical (unpaired) electrons. The molecule has 5 N–H and O–H groups in total. The highest BCUT2D eigenvalue weighted by Crippen LogP contribution is 2.67. The Morgan fingerprint density at radius 3 is 2.65 bits per heavy atom. The fraction of sp³-hybridized carbons (Fsp3) is 0.917. The second-order valence-corrected chi connectivity index (χ2v) is 11.0. The predicted octanol–water partition coefficient (Wildman–Crippen LogP) is 3.15. The number of hydrogen-bond acceptors (Lipinski definition) is 5. The Kier molecular flexibility index (Phi) is 6.55. The first kappa shape index (κ1) is 22.8. The Morgan fingerprint density at radius 2 is 1.90 bits per heavy atom. The number of carbonyl (C=O) groups is 2. The van der Waals surface area contributed by atoms with Crippen LogP contribution in [0.2, 0.25) is 0 Å². The zero-order valence-electron chi connectivity index (χ0n) is 18.9. The first-order chi connectivity index (χ1) is 14.8. The lowest BCUT2D eigenvalue weighted by atomic mass is 9.44. The van der Waals surface area contributed by atoms with Crippen LogP contribution in [0, 0.1) is 40.4 Å². The molecule has 0 aliphatic heterocycles. The van der Waals surface area contributed by atoms with Crippen molar-refractivity contribution in [3.05, 3.63) is 0 Å². The molecular formula is C24H40N2O5. The van der Waals surface area contributed by atoms with Gasteiger partial charge in [0.15, 0.2) is 0 Å². The molecule has 7 heteroatoms. The van der Waals surface area contributed by atoms with E-state index in [1.807, 2.05) is 0 Å². The van der Waals surface area contributed by atoms with E-state index in [9.17, 15) is 19.8 Å². The van der Waals surface area contributed by atoms with Crippen molar-refractivity contribution in [3.8, 4) is 0 Å². The van der Waals surface area contributed by atoms with Crippen LogP contribution in [0.4, 0.5) is 4.79 Å². The number of rotatable bonds is 6. The second-order valence-electron chi connectivity index (χ2n) is 11.0. The summed E-state index contributed by atoms with van der Waals surface area (Å²) >= 11 is 0. The van der Waals surface area contributed by atoms with E-state index in [1.54, 1.807) is 0 Å². The molecule has 4 aliphatic carbocycles. The van der Waals surface area contributed by atoms with Gasteiger partial charge in [-0.1, -0.05) is 19.8 Å².